The first-order valence-electron chi connectivity index (χ1n) is 7.83. The normalized spacial score (nSPS) is 18.7. The Labute approximate surface area is 133 Å². The van der Waals surface area contributed by atoms with Crippen molar-refractivity contribution in [3.8, 4) is 0 Å². The van der Waals surface area contributed by atoms with E-state index in [0.717, 1.165) is 37.8 Å². The predicted octanol–water partition coefficient (Wildman–Crippen LogP) is 3.56. The Morgan fingerprint density at radius 3 is 2.95 bits per heavy atom. The highest BCUT2D eigenvalue weighted by Gasteiger charge is 2.24. The van der Waals surface area contributed by atoms with Gasteiger partial charge in [-0.2, -0.15) is 0 Å². The summed E-state index contributed by atoms with van der Waals surface area (Å²) in [6.07, 6.45) is 1.19. The van der Waals surface area contributed by atoms with Crippen LogP contribution in [0.1, 0.15) is 25.8 Å². The molecule has 0 bridgehead atoms. The lowest BCUT2D eigenvalue weighted by Crippen LogP contribution is -2.25. The van der Waals surface area contributed by atoms with E-state index >= 15 is 0 Å². The fourth-order valence-electron chi connectivity index (χ4n) is 2.93. The molecule has 21 heavy (non-hydrogen) atoms. The summed E-state index contributed by atoms with van der Waals surface area (Å²) in [5.74, 6) is 1.28. The standard InChI is InChI=1S/C17H27ClN2O/c1-13(2)9-19-10-15-16(18)5-4-6-17(15)20-8-7-14(11-20)12-21-3/h4-6,13-14,19H,7-12H2,1-3H3. The zero-order valence-electron chi connectivity index (χ0n) is 13.4. The summed E-state index contributed by atoms with van der Waals surface area (Å²) < 4.78 is 5.29. The quantitative estimate of drug-likeness (QED) is 0.833. The maximum Gasteiger partial charge on any atom is 0.0508 e. The number of anilines is 1. The van der Waals surface area contributed by atoms with Crippen LogP contribution < -0.4 is 10.2 Å². The van der Waals surface area contributed by atoms with Crippen molar-refractivity contribution in [2.45, 2.75) is 26.8 Å². The van der Waals surface area contributed by atoms with Crippen LogP contribution in [0.2, 0.25) is 5.02 Å². The average molecular weight is 311 g/mol. The van der Waals surface area contributed by atoms with Crippen molar-refractivity contribution in [1.29, 1.82) is 0 Å². The molecule has 1 aliphatic rings. The maximum atomic E-state index is 6.43. The number of hydrogen-bond acceptors (Lipinski definition) is 3. The lowest BCUT2D eigenvalue weighted by molar-refractivity contribution is 0.161. The molecule has 0 radical (unpaired) electrons. The Balaban J connectivity index is 2.07. The predicted molar refractivity (Wildman–Crippen MR) is 90.2 cm³/mol. The van der Waals surface area contributed by atoms with E-state index in [0.29, 0.717) is 11.8 Å². The average Bonchev–Trinajstić information content (AvgIpc) is 2.89. The Hall–Kier alpha value is -0.770. The van der Waals surface area contributed by atoms with E-state index in [2.05, 4.69) is 30.1 Å². The molecule has 1 saturated heterocycles. The summed E-state index contributed by atoms with van der Waals surface area (Å²) in [7, 11) is 1.78. The van der Waals surface area contributed by atoms with E-state index in [1.807, 2.05) is 12.1 Å². The Morgan fingerprint density at radius 1 is 1.43 bits per heavy atom. The van der Waals surface area contributed by atoms with Crippen LogP contribution in [0.5, 0.6) is 0 Å². The Bertz CT molecular complexity index is 450. The molecule has 0 spiro atoms. The number of nitrogens with one attached hydrogen (secondary N) is 1. The minimum atomic E-state index is 0.630. The van der Waals surface area contributed by atoms with Crippen molar-refractivity contribution >= 4 is 17.3 Å². The second-order valence-corrected chi connectivity index (χ2v) is 6.73. The highest BCUT2D eigenvalue weighted by atomic mass is 35.5. The van der Waals surface area contributed by atoms with Gasteiger partial charge in [0.1, 0.15) is 0 Å². The third-order valence-electron chi connectivity index (χ3n) is 3.98. The van der Waals surface area contributed by atoms with Crippen molar-refractivity contribution < 1.29 is 4.74 Å². The van der Waals surface area contributed by atoms with Crippen molar-refractivity contribution in [2.24, 2.45) is 11.8 Å². The van der Waals surface area contributed by atoms with E-state index in [1.165, 1.54) is 17.7 Å². The molecule has 0 aliphatic carbocycles. The van der Waals surface area contributed by atoms with Crippen molar-refractivity contribution in [3.05, 3.63) is 28.8 Å². The van der Waals surface area contributed by atoms with E-state index in [9.17, 15) is 0 Å². The number of hydrogen-bond donors (Lipinski definition) is 1. The van der Waals surface area contributed by atoms with Crippen LogP contribution in [-0.2, 0) is 11.3 Å². The van der Waals surface area contributed by atoms with Crippen LogP contribution in [0.4, 0.5) is 5.69 Å². The molecule has 1 fully saturated rings. The molecule has 1 aromatic carbocycles. The van der Waals surface area contributed by atoms with Crippen LogP contribution in [0.15, 0.2) is 18.2 Å². The summed E-state index contributed by atoms with van der Waals surface area (Å²) in [6, 6.07) is 6.22. The van der Waals surface area contributed by atoms with Gasteiger partial charge in [-0.15, -0.1) is 0 Å². The fourth-order valence-corrected chi connectivity index (χ4v) is 3.16. The van der Waals surface area contributed by atoms with Crippen molar-refractivity contribution in [1.82, 2.24) is 5.32 Å². The summed E-state index contributed by atoms with van der Waals surface area (Å²) >= 11 is 6.43. The molecule has 0 saturated carbocycles. The highest BCUT2D eigenvalue weighted by molar-refractivity contribution is 6.31. The lowest BCUT2D eigenvalue weighted by Gasteiger charge is -2.23. The van der Waals surface area contributed by atoms with E-state index in [4.69, 9.17) is 16.3 Å². The van der Waals surface area contributed by atoms with Gasteiger partial charge in [-0.3, -0.25) is 0 Å². The highest BCUT2D eigenvalue weighted by Crippen LogP contribution is 2.31. The van der Waals surface area contributed by atoms with Crippen molar-refractivity contribution in [2.75, 3.05) is 38.3 Å². The van der Waals surface area contributed by atoms with E-state index < -0.39 is 0 Å². The molecule has 118 valence electrons. The molecule has 0 aromatic heterocycles. The molecule has 4 heteroatoms. The molecule has 3 nitrogen and oxygen atoms in total. The van der Waals surface area contributed by atoms with E-state index in [-0.39, 0.29) is 0 Å². The first-order chi connectivity index (χ1) is 10.1. The molecule has 1 N–H and O–H groups in total. The molecule has 1 aromatic rings. The van der Waals surface area contributed by atoms with Crippen LogP contribution >= 0.6 is 11.6 Å². The zero-order valence-corrected chi connectivity index (χ0v) is 14.1. The lowest BCUT2D eigenvalue weighted by atomic mass is 10.1. The van der Waals surface area contributed by atoms with Gasteiger partial charge in [0.15, 0.2) is 0 Å². The second-order valence-electron chi connectivity index (χ2n) is 6.32. The van der Waals surface area contributed by atoms with Gasteiger partial charge in [0.25, 0.3) is 0 Å². The Kier molecular flexibility index (Phi) is 6.34. The number of ether oxygens (including phenoxy) is 1. The summed E-state index contributed by atoms with van der Waals surface area (Å²) in [5, 5.41) is 4.37. The molecular weight excluding hydrogens is 284 g/mol. The van der Waals surface area contributed by atoms with Crippen LogP contribution in [0, 0.1) is 11.8 Å². The van der Waals surface area contributed by atoms with Gasteiger partial charge in [-0.1, -0.05) is 31.5 Å². The third kappa shape index (κ3) is 4.60. The molecule has 1 aliphatic heterocycles. The van der Waals surface area contributed by atoms with Gasteiger partial charge < -0.3 is 15.0 Å². The second kappa shape index (κ2) is 8.02. The number of rotatable bonds is 7. The maximum absolute atomic E-state index is 6.43. The van der Waals surface area contributed by atoms with Gasteiger partial charge in [-0.25, -0.2) is 0 Å². The largest absolute Gasteiger partial charge is 0.384 e. The smallest absolute Gasteiger partial charge is 0.0508 e. The van der Waals surface area contributed by atoms with Crippen LogP contribution in [0.3, 0.4) is 0 Å². The van der Waals surface area contributed by atoms with Crippen molar-refractivity contribution in [3.63, 3.8) is 0 Å². The Morgan fingerprint density at radius 2 is 2.24 bits per heavy atom. The summed E-state index contributed by atoms with van der Waals surface area (Å²) in [5.41, 5.74) is 2.50. The number of benzene rings is 1. The van der Waals surface area contributed by atoms with Crippen LogP contribution in [0.25, 0.3) is 0 Å². The van der Waals surface area contributed by atoms with E-state index in [1.54, 1.807) is 7.11 Å². The van der Waals surface area contributed by atoms with Gasteiger partial charge in [-0.05, 0) is 31.0 Å². The van der Waals surface area contributed by atoms with Gasteiger partial charge in [0, 0.05) is 48.9 Å². The van der Waals surface area contributed by atoms with Gasteiger partial charge in [0.05, 0.1) is 6.61 Å². The number of halogens is 1. The molecule has 1 unspecified atom stereocenters. The van der Waals surface area contributed by atoms with Gasteiger partial charge in [0.2, 0.25) is 0 Å². The molecule has 2 rings (SSSR count). The fraction of sp³-hybridized carbons (Fsp3) is 0.647. The number of methoxy groups -OCH3 is 1. The first kappa shape index (κ1) is 16.6. The summed E-state index contributed by atoms with van der Waals surface area (Å²) in [4.78, 5) is 2.45. The number of nitrogens with zero attached hydrogens (tertiary/aromatic N) is 1. The SMILES string of the molecule is COCC1CCN(c2cccc(Cl)c2CNCC(C)C)C1. The monoisotopic (exact) mass is 310 g/mol. The van der Waals surface area contributed by atoms with Crippen LogP contribution in [-0.4, -0.2) is 33.4 Å². The molecular formula is C17H27ClN2O. The minimum Gasteiger partial charge on any atom is -0.384 e. The summed E-state index contributed by atoms with van der Waals surface area (Å²) in [6.45, 7) is 9.27. The topological polar surface area (TPSA) is 24.5 Å². The molecule has 1 heterocycles. The third-order valence-corrected chi connectivity index (χ3v) is 4.33. The molecule has 0 amide bonds. The molecule has 1 atom stereocenters. The van der Waals surface area contributed by atoms with Gasteiger partial charge >= 0.3 is 0 Å². The first-order valence-corrected chi connectivity index (χ1v) is 8.21. The zero-order chi connectivity index (χ0) is 15.2. The minimum absolute atomic E-state index is 0.630.